The van der Waals surface area contributed by atoms with Gasteiger partial charge in [-0.2, -0.15) is 0 Å². The summed E-state index contributed by atoms with van der Waals surface area (Å²) in [7, 11) is 0. The molecule has 0 aliphatic carbocycles. The van der Waals surface area contributed by atoms with Crippen LogP contribution in [0.5, 0.6) is 5.75 Å². The quantitative estimate of drug-likeness (QED) is 0.779. The van der Waals surface area contributed by atoms with Gasteiger partial charge in [0, 0.05) is 11.2 Å². The van der Waals surface area contributed by atoms with E-state index in [0.29, 0.717) is 0 Å². The summed E-state index contributed by atoms with van der Waals surface area (Å²) in [6, 6.07) is 16.8. The summed E-state index contributed by atoms with van der Waals surface area (Å²) in [6.07, 6.45) is 0. The van der Waals surface area contributed by atoms with Crippen molar-refractivity contribution in [2.75, 3.05) is 5.32 Å². The highest BCUT2D eigenvalue weighted by Gasteiger charge is 2.12. The average molecular weight is 297 g/mol. The van der Waals surface area contributed by atoms with E-state index in [4.69, 9.17) is 4.74 Å². The second-order valence-electron chi connectivity index (χ2n) is 7.69. The molecule has 0 atom stereocenters. The molecule has 2 aromatic rings. The molecule has 0 unspecified atom stereocenters. The first-order valence-corrected chi connectivity index (χ1v) is 7.80. The van der Waals surface area contributed by atoms with E-state index in [1.165, 1.54) is 11.1 Å². The van der Waals surface area contributed by atoms with Crippen LogP contribution < -0.4 is 10.1 Å². The van der Waals surface area contributed by atoms with E-state index < -0.39 is 0 Å². The van der Waals surface area contributed by atoms with Crippen LogP contribution in [0.25, 0.3) is 11.1 Å². The molecule has 0 spiro atoms. The molecule has 0 fully saturated rings. The predicted molar refractivity (Wildman–Crippen MR) is 95.6 cm³/mol. The highest BCUT2D eigenvalue weighted by molar-refractivity contribution is 5.66. The van der Waals surface area contributed by atoms with Crippen LogP contribution in [0.1, 0.15) is 41.5 Å². The Kier molecular flexibility index (Phi) is 4.50. The van der Waals surface area contributed by atoms with Crippen LogP contribution in [0.3, 0.4) is 0 Å². The van der Waals surface area contributed by atoms with E-state index in [9.17, 15) is 0 Å². The molecule has 0 heterocycles. The fourth-order valence-corrected chi connectivity index (χ4v) is 2.25. The summed E-state index contributed by atoms with van der Waals surface area (Å²) in [6.45, 7) is 12.7. The summed E-state index contributed by atoms with van der Waals surface area (Å²) in [5, 5.41) is 3.47. The van der Waals surface area contributed by atoms with Gasteiger partial charge in [0.25, 0.3) is 0 Å². The molecule has 1 N–H and O–H groups in total. The fraction of sp³-hybridized carbons (Fsp3) is 0.400. The van der Waals surface area contributed by atoms with Crippen molar-refractivity contribution < 1.29 is 4.74 Å². The third-order valence-electron chi connectivity index (χ3n) is 3.02. The van der Waals surface area contributed by atoms with Crippen molar-refractivity contribution in [3.8, 4) is 16.9 Å². The lowest BCUT2D eigenvalue weighted by Crippen LogP contribution is -2.25. The molecule has 22 heavy (non-hydrogen) atoms. The van der Waals surface area contributed by atoms with Crippen molar-refractivity contribution in [2.45, 2.75) is 52.7 Å². The van der Waals surface area contributed by atoms with E-state index in [-0.39, 0.29) is 11.1 Å². The van der Waals surface area contributed by atoms with Gasteiger partial charge in [0.2, 0.25) is 0 Å². The van der Waals surface area contributed by atoms with Gasteiger partial charge in [-0.25, -0.2) is 0 Å². The van der Waals surface area contributed by atoms with Crippen LogP contribution >= 0.6 is 0 Å². The van der Waals surface area contributed by atoms with Gasteiger partial charge in [-0.1, -0.05) is 24.3 Å². The summed E-state index contributed by atoms with van der Waals surface area (Å²) < 4.78 is 5.86. The molecule has 0 bridgehead atoms. The van der Waals surface area contributed by atoms with E-state index in [1.54, 1.807) is 0 Å². The van der Waals surface area contributed by atoms with E-state index in [2.05, 4.69) is 83.3 Å². The van der Waals surface area contributed by atoms with Crippen molar-refractivity contribution in [3.63, 3.8) is 0 Å². The topological polar surface area (TPSA) is 21.3 Å². The lowest BCUT2D eigenvalue weighted by molar-refractivity contribution is 0.131. The molecular weight excluding hydrogens is 270 g/mol. The lowest BCUT2D eigenvalue weighted by Gasteiger charge is -2.22. The minimum atomic E-state index is -0.165. The lowest BCUT2D eigenvalue weighted by atomic mass is 10.0. The summed E-state index contributed by atoms with van der Waals surface area (Å²) in [5.41, 5.74) is 3.46. The van der Waals surface area contributed by atoms with Gasteiger partial charge < -0.3 is 10.1 Å². The Morgan fingerprint density at radius 3 is 1.55 bits per heavy atom. The third kappa shape index (κ3) is 5.10. The molecule has 0 saturated heterocycles. The summed E-state index contributed by atoms with van der Waals surface area (Å²) in [4.78, 5) is 0. The van der Waals surface area contributed by atoms with Crippen LogP contribution in [0, 0.1) is 0 Å². The number of nitrogens with one attached hydrogen (secondary N) is 1. The van der Waals surface area contributed by atoms with Gasteiger partial charge in [-0.05, 0) is 76.9 Å². The van der Waals surface area contributed by atoms with Gasteiger partial charge in [0.1, 0.15) is 11.4 Å². The first-order valence-electron chi connectivity index (χ1n) is 7.80. The maximum Gasteiger partial charge on any atom is 0.120 e. The second kappa shape index (κ2) is 6.04. The zero-order valence-electron chi connectivity index (χ0n) is 14.5. The third-order valence-corrected chi connectivity index (χ3v) is 3.02. The van der Waals surface area contributed by atoms with Gasteiger partial charge in [-0.15, -0.1) is 0 Å². The Morgan fingerprint density at radius 1 is 0.682 bits per heavy atom. The molecule has 2 aromatic carbocycles. The van der Waals surface area contributed by atoms with E-state index >= 15 is 0 Å². The van der Waals surface area contributed by atoms with Crippen LogP contribution in [0.15, 0.2) is 48.5 Å². The molecule has 0 radical (unpaired) electrons. The molecule has 0 amide bonds. The first-order chi connectivity index (χ1) is 10.1. The standard InChI is InChI=1S/C20H27NO/c1-19(2,3)21-17-11-7-15(8-12-17)16-9-13-18(14-10-16)22-20(4,5)6/h7-14,21H,1-6H3. The summed E-state index contributed by atoms with van der Waals surface area (Å²) in [5.74, 6) is 0.905. The van der Waals surface area contributed by atoms with Crippen molar-refractivity contribution >= 4 is 5.69 Å². The van der Waals surface area contributed by atoms with E-state index in [1.807, 2.05) is 12.1 Å². The normalized spacial score (nSPS) is 12.1. The average Bonchev–Trinajstić information content (AvgIpc) is 2.37. The van der Waals surface area contributed by atoms with E-state index in [0.717, 1.165) is 11.4 Å². The Morgan fingerprint density at radius 2 is 1.14 bits per heavy atom. The Balaban J connectivity index is 2.12. The van der Waals surface area contributed by atoms with Gasteiger partial charge in [0.15, 0.2) is 0 Å². The summed E-state index contributed by atoms with van der Waals surface area (Å²) >= 11 is 0. The molecule has 2 nitrogen and oxygen atoms in total. The van der Waals surface area contributed by atoms with Crippen LogP contribution in [0.2, 0.25) is 0 Å². The Bertz CT molecular complexity index is 541. The molecule has 0 aliphatic rings. The number of benzene rings is 2. The van der Waals surface area contributed by atoms with Crippen molar-refractivity contribution in [1.82, 2.24) is 0 Å². The molecule has 0 aliphatic heterocycles. The number of rotatable bonds is 3. The van der Waals surface area contributed by atoms with Crippen LogP contribution in [-0.4, -0.2) is 11.1 Å². The smallest absolute Gasteiger partial charge is 0.120 e. The number of hydrogen-bond acceptors (Lipinski definition) is 2. The number of ether oxygens (including phenoxy) is 1. The molecule has 118 valence electrons. The van der Waals surface area contributed by atoms with Gasteiger partial charge in [-0.3, -0.25) is 0 Å². The second-order valence-corrected chi connectivity index (χ2v) is 7.69. The first kappa shape index (κ1) is 16.4. The Hall–Kier alpha value is -1.96. The highest BCUT2D eigenvalue weighted by Crippen LogP contribution is 2.26. The molecule has 0 aromatic heterocycles. The SMILES string of the molecule is CC(C)(C)Nc1ccc(-c2ccc(OC(C)(C)C)cc2)cc1. The molecule has 2 heteroatoms. The minimum absolute atomic E-state index is 0.0768. The van der Waals surface area contributed by atoms with Crippen molar-refractivity contribution in [2.24, 2.45) is 0 Å². The van der Waals surface area contributed by atoms with Crippen molar-refractivity contribution in [1.29, 1.82) is 0 Å². The molecule has 2 rings (SSSR count). The maximum atomic E-state index is 5.86. The molecule has 0 saturated carbocycles. The monoisotopic (exact) mass is 297 g/mol. The highest BCUT2D eigenvalue weighted by atomic mass is 16.5. The molecular formula is C20H27NO. The fourth-order valence-electron chi connectivity index (χ4n) is 2.25. The van der Waals surface area contributed by atoms with Gasteiger partial charge >= 0.3 is 0 Å². The zero-order valence-corrected chi connectivity index (χ0v) is 14.5. The predicted octanol–water partition coefficient (Wildman–Crippen LogP) is 5.74. The minimum Gasteiger partial charge on any atom is -0.488 e. The maximum absolute atomic E-state index is 5.86. The van der Waals surface area contributed by atoms with Crippen LogP contribution in [0.4, 0.5) is 5.69 Å². The number of hydrogen-bond donors (Lipinski definition) is 1. The van der Waals surface area contributed by atoms with Crippen LogP contribution in [-0.2, 0) is 0 Å². The number of anilines is 1. The van der Waals surface area contributed by atoms with Crippen molar-refractivity contribution in [3.05, 3.63) is 48.5 Å². The zero-order chi connectivity index (χ0) is 16.4. The Labute approximate surface area is 134 Å². The largest absolute Gasteiger partial charge is 0.488 e. The van der Waals surface area contributed by atoms with Gasteiger partial charge in [0.05, 0.1) is 0 Å².